The third-order valence-electron chi connectivity index (χ3n) is 5.25. The van der Waals surface area contributed by atoms with E-state index >= 15 is 0 Å². The molecular formula is C21H19N7O4. The number of benzene rings is 1. The van der Waals surface area contributed by atoms with Gasteiger partial charge in [0, 0.05) is 43.9 Å². The molecule has 1 aromatic carbocycles. The summed E-state index contributed by atoms with van der Waals surface area (Å²) in [6, 6.07) is 7.07. The van der Waals surface area contributed by atoms with Crippen LogP contribution in [0.15, 0.2) is 30.5 Å². The number of Topliss-reactive ketones (excluding diaryl/α,β-unsaturated/α-hetero) is 1. The lowest BCUT2D eigenvalue weighted by Gasteiger charge is -2.21. The molecule has 11 heteroatoms. The zero-order valence-electron chi connectivity index (χ0n) is 17.3. The Morgan fingerprint density at radius 3 is 2.78 bits per heavy atom. The number of carbonyl (C=O) groups is 3. The molecular weight excluding hydrogens is 414 g/mol. The van der Waals surface area contributed by atoms with Crippen LogP contribution in [-0.4, -0.2) is 44.6 Å². The Balaban J connectivity index is 1.50. The Bertz CT molecular complexity index is 1280. The summed E-state index contributed by atoms with van der Waals surface area (Å²) in [5.41, 5.74) is 3.60. The molecule has 11 nitrogen and oxygen atoms in total. The minimum absolute atomic E-state index is 0.0416. The molecule has 2 amide bonds. The molecule has 1 unspecified atom stereocenters. The molecule has 1 atom stereocenters. The van der Waals surface area contributed by atoms with E-state index in [0.717, 1.165) is 16.8 Å². The molecule has 1 fully saturated rings. The van der Waals surface area contributed by atoms with Crippen LogP contribution in [0.4, 0.5) is 17.2 Å². The first-order valence-corrected chi connectivity index (χ1v) is 9.93. The quantitative estimate of drug-likeness (QED) is 0.513. The molecule has 0 saturated heterocycles. The van der Waals surface area contributed by atoms with Crippen molar-refractivity contribution in [1.29, 1.82) is 0 Å². The van der Waals surface area contributed by atoms with Gasteiger partial charge in [-0.3, -0.25) is 19.1 Å². The van der Waals surface area contributed by atoms with Crippen molar-refractivity contribution >= 4 is 34.8 Å². The van der Waals surface area contributed by atoms with E-state index in [9.17, 15) is 14.4 Å². The van der Waals surface area contributed by atoms with E-state index in [2.05, 4.69) is 31.2 Å². The van der Waals surface area contributed by atoms with Crippen LogP contribution in [-0.2, 0) is 23.2 Å². The van der Waals surface area contributed by atoms with Crippen LogP contribution in [0.3, 0.4) is 0 Å². The van der Waals surface area contributed by atoms with Gasteiger partial charge in [0.05, 0.1) is 11.4 Å². The summed E-state index contributed by atoms with van der Waals surface area (Å²) in [6.07, 6.45) is 2.14. The summed E-state index contributed by atoms with van der Waals surface area (Å²) in [7, 11) is 3.33. The van der Waals surface area contributed by atoms with E-state index in [1.165, 1.54) is 13.1 Å². The highest BCUT2D eigenvalue weighted by molar-refractivity contribution is 6.17. The number of hydrogen-bond donors (Lipinski definition) is 3. The van der Waals surface area contributed by atoms with Crippen LogP contribution in [0, 0.1) is 5.92 Å². The second-order valence-electron chi connectivity index (χ2n) is 7.56. The highest BCUT2D eigenvalue weighted by Gasteiger charge is 2.41. The molecule has 2 aromatic heterocycles. The minimum atomic E-state index is -0.645. The largest absolute Gasteiger partial charge is 0.486 e. The summed E-state index contributed by atoms with van der Waals surface area (Å²) in [5.74, 6) is -0.930. The minimum Gasteiger partial charge on any atom is -0.486 e. The van der Waals surface area contributed by atoms with Crippen molar-refractivity contribution in [3.05, 3.63) is 41.7 Å². The number of anilines is 3. The monoisotopic (exact) mass is 433 g/mol. The van der Waals surface area contributed by atoms with Gasteiger partial charge in [-0.2, -0.15) is 5.10 Å². The Morgan fingerprint density at radius 1 is 1.22 bits per heavy atom. The van der Waals surface area contributed by atoms with Gasteiger partial charge in [0.25, 0.3) is 5.91 Å². The molecule has 162 valence electrons. The number of aryl methyl sites for hydroxylation is 1. The molecule has 5 rings (SSSR count). The average molecular weight is 433 g/mol. The van der Waals surface area contributed by atoms with Gasteiger partial charge < -0.3 is 20.7 Å². The molecule has 1 aliphatic carbocycles. The molecule has 0 radical (unpaired) electrons. The van der Waals surface area contributed by atoms with E-state index in [1.807, 2.05) is 31.4 Å². The van der Waals surface area contributed by atoms with Crippen molar-refractivity contribution in [3.8, 4) is 17.0 Å². The number of para-hydroxylation sites is 1. The van der Waals surface area contributed by atoms with Crippen molar-refractivity contribution in [2.75, 3.05) is 17.7 Å². The number of amides is 2. The fourth-order valence-electron chi connectivity index (χ4n) is 3.57. The van der Waals surface area contributed by atoms with Gasteiger partial charge in [0.2, 0.25) is 5.91 Å². The fraction of sp³-hybridized carbons (Fsp3) is 0.238. The van der Waals surface area contributed by atoms with E-state index < -0.39 is 17.7 Å². The molecule has 3 heterocycles. The summed E-state index contributed by atoms with van der Waals surface area (Å²) >= 11 is 0. The second kappa shape index (κ2) is 7.45. The standard InChI is InChI=1S/C21H19N7O4/c1-22-21(31)18-14(7-16(25-26-18)24-20(30)12-6-15(12)29)23-13-5-3-4-11-17-10(8-28(2)27-17)9-32-19(11)13/h3-5,7-8,12H,6,9H2,1-2H3,(H,22,31)(H2,23,24,25,30). The van der Waals surface area contributed by atoms with Gasteiger partial charge in [-0.1, -0.05) is 6.07 Å². The first-order valence-electron chi connectivity index (χ1n) is 9.93. The molecule has 1 saturated carbocycles. The van der Waals surface area contributed by atoms with Gasteiger partial charge in [0.15, 0.2) is 17.3 Å². The van der Waals surface area contributed by atoms with Crippen LogP contribution in [0.2, 0.25) is 0 Å². The zero-order valence-corrected chi connectivity index (χ0v) is 17.3. The third kappa shape index (κ3) is 3.43. The van der Waals surface area contributed by atoms with Gasteiger partial charge >= 0.3 is 0 Å². The van der Waals surface area contributed by atoms with Gasteiger partial charge in [-0.25, -0.2) is 0 Å². The number of aromatic nitrogens is 4. The number of rotatable bonds is 5. The smallest absolute Gasteiger partial charge is 0.273 e. The molecule has 0 spiro atoms. The van der Waals surface area contributed by atoms with Crippen molar-refractivity contribution in [2.45, 2.75) is 13.0 Å². The number of ketones is 1. The Hall–Kier alpha value is -4.28. The van der Waals surface area contributed by atoms with Crippen molar-refractivity contribution < 1.29 is 19.1 Å². The third-order valence-corrected chi connectivity index (χ3v) is 5.25. The number of hydrogen-bond acceptors (Lipinski definition) is 8. The lowest BCUT2D eigenvalue weighted by atomic mass is 10.0. The van der Waals surface area contributed by atoms with Gasteiger partial charge in [-0.05, 0) is 12.1 Å². The SMILES string of the molecule is CNC(=O)c1nnc(NC(=O)C2CC2=O)cc1Nc1cccc2c1OCc1cn(C)nc1-2. The predicted octanol–water partition coefficient (Wildman–Crippen LogP) is 1.40. The number of ether oxygens (including phenoxy) is 1. The summed E-state index contributed by atoms with van der Waals surface area (Å²) in [5, 5.41) is 20.7. The highest BCUT2D eigenvalue weighted by Crippen LogP contribution is 2.42. The van der Waals surface area contributed by atoms with E-state index in [4.69, 9.17) is 4.74 Å². The Morgan fingerprint density at radius 2 is 2.03 bits per heavy atom. The van der Waals surface area contributed by atoms with Crippen LogP contribution in [0.1, 0.15) is 22.5 Å². The summed E-state index contributed by atoms with van der Waals surface area (Å²) in [4.78, 5) is 35.7. The van der Waals surface area contributed by atoms with Crippen LogP contribution in [0.5, 0.6) is 5.75 Å². The van der Waals surface area contributed by atoms with Crippen molar-refractivity contribution in [1.82, 2.24) is 25.3 Å². The van der Waals surface area contributed by atoms with E-state index in [0.29, 0.717) is 23.7 Å². The highest BCUT2D eigenvalue weighted by atomic mass is 16.5. The Kier molecular flexibility index (Phi) is 4.58. The average Bonchev–Trinajstić information content (AvgIpc) is 3.39. The maximum atomic E-state index is 12.3. The molecule has 32 heavy (non-hydrogen) atoms. The van der Waals surface area contributed by atoms with E-state index in [1.54, 1.807) is 4.68 Å². The topological polar surface area (TPSA) is 140 Å². The maximum absolute atomic E-state index is 12.3. The maximum Gasteiger partial charge on any atom is 0.273 e. The van der Waals surface area contributed by atoms with Gasteiger partial charge in [-0.15, -0.1) is 10.2 Å². The van der Waals surface area contributed by atoms with Gasteiger partial charge in [0.1, 0.15) is 24.0 Å². The number of fused-ring (bicyclic) bond motifs is 3. The first-order chi connectivity index (χ1) is 15.4. The lowest BCUT2D eigenvalue weighted by molar-refractivity contribution is -0.120. The number of nitrogens with zero attached hydrogens (tertiary/aromatic N) is 4. The number of nitrogens with one attached hydrogen (secondary N) is 3. The molecule has 3 N–H and O–H groups in total. The normalized spacial score (nSPS) is 15.8. The van der Waals surface area contributed by atoms with Crippen LogP contribution >= 0.6 is 0 Å². The van der Waals surface area contributed by atoms with E-state index in [-0.39, 0.29) is 23.7 Å². The lowest BCUT2D eigenvalue weighted by Crippen LogP contribution is -2.22. The van der Waals surface area contributed by atoms with Crippen LogP contribution in [0.25, 0.3) is 11.3 Å². The predicted molar refractivity (Wildman–Crippen MR) is 113 cm³/mol. The summed E-state index contributed by atoms with van der Waals surface area (Å²) < 4.78 is 7.72. The number of carbonyl (C=O) groups excluding carboxylic acids is 3. The molecule has 1 aliphatic heterocycles. The van der Waals surface area contributed by atoms with Crippen LogP contribution < -0.4 is 20.7 Å². The zero-order chi connectivity index (χ0) is 22.4. The Labute approximate surface area is 182 Å². The molecule has 2 aliphatic rings. The second-order valence-corrected chi connectivity index (χ2v) is 7.56. The molecule has 3 aromatic rings. The fourth-order valence-corrected chi connectivity index (χ4v) is 3.57. The summed E-state index contributed by atoms with van der Waals surface area (Å²) in [6.45, 7) is 0.364. The van der Waals surface area contributed by atoms with Crippen molar-refractivity contribution in [3.63, 3.8) is 0 Å². The molecule has 0 bridgehead atoms. The van der Waals surface area contributed by atoms with Crippen molar-refractivity contribution in [2.24, 2.45) is 13.0 Å². The first kappa shape index (κ1) is 19.7.